The van der Waals surface area contributed by atoms with Gasteiger partial charge in [-0.3, -0.25) is 28.8 Å². The van der Waals surface area contributed by atoms with E-state index in [0.717, 1.165) is 49.9 Å². The van der Waals surface area contributed by atoms with Gasteiger partial charge in [0, 0.05) is 65.7 Å². The van der Waals surface area contributed by atoms with Crippen molar-refractivity contribution in [3.63, 3.8) is 0 Å². The van der Waals surface area contributed by atoms with Crippen molar-refractivity contribution < 1.29 is 71.5 Å². The molecule has 5 atom stereocenters. The Bertz CT molecular complexity index is 2110. The molecule has 2 aliphatic rings. The van der Waals surface area contributed by atoms with Crippen LogP contribution < -0.4 is 5.32 Å². The molecule has 0 bridgehead atoms. The van der Waals surface area contributed by atoms with Gasteiger partial charge in [-0.05, 0) is 43.0 Å². The van der Waals surface area contributed by atoms with Gasteiger partial charge in [-0.1, -0.05) is 53.7 Å². The van der Waals surface area contributed by atoms with Gasteiger partial charge in [0.15, 0.2) is 12.2 Å². The maximum absolute atomic E-state index is 13.5. The number of rotatable bonds is 19. The van der Waals surface area contributed by atoms with E-state index in [2.05, 4.69) is 15.6 Å². The molecule has 0 radical (unpaired) electrons. The van der Waals surface area contributed by atoms with Crippen molar-refractivity contribution in [2.75, 3.05) is 39.5 Å². The number of carbonyl (C=O) groups is 7. The van der Waals surface area contributed by atoms with E-state index in [9.17, 15) is 33.6 Å². The summed E-state index contributed by atoms with van der Waals surface area (Å²) in [5.41, 5.74) is 4.04. The number of aromatic nitrogens is 3. The summed E-state index contributed by atoms with van der Waals surface area (Å²) >= 11 is 0. The second-order valence-electron chi connectivity index (χ2n) is 16.1. The van der Waals surface area contributed by atoms with Crippen molar-refractivity contribution >= 4 is 41.8 Å². The summed E-state index contributed by atoms with van der Waals surface area (Å²) in [5, 5.41) is 10.9. The number of hydrogen-bond acceptors (Lipinski definition) is 17. The topological polar surface area (TPSA) is 239 Å². The number of amides is 2. The highest BCUT2D eigenvalue weighted by atomic mass is 16.7. The fraction of sp³-hybridized carbons (Fsp3) is 0.523. The third-order valence-electron chi connectivity index (χ3n) is 9.79. The first-order valence-corrected chi connectivity index (χ1v) is 20.8. The number of nitrogens with one attached hydrogen (secondary N) is 1. The first-order chi connectivity index (χ1) is 30.4. The lowest BCUT2D eigenvalue weighted by Crippen LogP contribution is -2.63. The maximum Gasteiger partial charge on any atom is 0.407 e. The van der Waals surface area contributed by atoms with Gasteiger partial charge in [0.1, 0.15) is 24.9 Å². The molecule has 20 heteroatoms. The average Bonchev–Trinajstić information content (AvgIpc) is 3.80. The first kappa shape index (κ1) is 48.6. The zero-order valence-electron chi connectivity index (χ0n) is 36.9. The van der Waals surface area contributed by atoms with Gasteiger partial charge in [0.2, 0.25) is 18.3 Å². The predicted molar refractivity (Wildman–Crippen MR) is 222 cm³/mol. The Hall–Kier alpha value is -6.41. The standard InChI is InChI=1S/C44H55N5O15/c1-26(50)59-39-36(63-42(62-29(4)53)41(61-28(3)52)40(39)60-27(2)51)25-57-21-20-49-22-30(46-47-49)16-17-37(54)48(23-38(55)64-44(5,6)7)19-18-45-43(56)58-24-35-33-14-10-8-12-31(33)32-13-9-11-15-34(32)35/h8-15,22,35-36,39-42H,16-21,23-25H2,1-7H3,(H,45,56)/t36-,39+,40+,41-,42-/m1/s1. The minimum absolute atomic E-state index is 0.00296. The zero-order chi connectivity index (χ0) is 46.6. The molecule has 1 aromatic heterocycles. The van der Waals surface area contributed by atoms with Crippen LogP contribution in [0.3, 0.4) is 0 Å². The zero-order valence-corrected chi connectivity index (χ0v) is 36.9. The average molecular weight is 894 g/mol. The first-order valence-electron chi connectivity index (χ1n) is 20.8. The highest BCUT2D eigenvalue weighted by Crippen LogP contribution is 2.44. The molecule has 346 valence electrons. The number of nitrogens with zero attached hydrogens (tertiary/aromatic N) is 4. The smallest absolute Gasteiger partial charge is 0.407 e. The van der Waals surface area contributed by atoms with Crippen LogP contribution in [0.5, 0.6) is 0 Å². The molecule has 5 rings (SSSR count). The van der Waals surface area contributed by atoms with Gasteiger partial charge in [0.05, 0.1) is 25.5 Å². The number of aryl methyl sites for hydroxylation is 1. The summed E-state index contributed by atoms with van der Waals surface area (Å²) in [4.78, 5) is 88.4. The van der Waals surface area contributed by atoms with Crippen LogP contribution in [0.15, 0.2) is 54.7 Å². The Morgan fingerprint density at radius 1 is 0.781 bits per heavy atom. The number of alkyl carbamates (subject to hydrolysis) is 1. The third kappa shape index (κ3) is 14.0. The van der Waals surface area contributed by atoms with Crippen LogP contribution in [0, 0.1) is 0 Å². The molecule has 1 fully saturated rings. The minimum Gasteiger partial charge on any atom is -0.459 e. The van der Waals surface area contributed by atoms with Gasteiger partial charge in [-0.25, -0.2) is 9.48 Å². The van der Waals surface area contributed by atoms with Crippen molar-refractivity contribution in [3.05, 3.63) is 71.5 Å². The normalized spacial score (nSPS) is 19.0. The predicted octanol–water partition coefficient (Wildman–Crippen LogP) is 3.02. The van der Waals surface area contributed by atoms with E-state index in [-0.39, 0.29) is 70.7 Å². The largest absolute Gasteiger partial charge is 0.459 e. The van der Waals surface area contributed by atoms with E-state index in [1.807, 2.05) is 48.5 Å². The molecule has 2 amide bonds. The van der Waals surface area contributed by atoms with Gasteiger partial charge >= 0.3 is 35.9 Å². The second kappa shape index (κ2) is 22.3. The molecule has 0 saturated carbocycles. The molecule has 1 N–H and O–H groups in total. The van der Waals surface area contributed by atoms with Crippen molar-refractivity contribution in [1.82, 2.24) is 25.2 Å². The molecule has 3 aromatic rings. The minimum atomic E-state index is -1.52. The van der Waals surface area contributed by atoms with Gasteiger partial charge in [-0.15, -0.1) is 5.10 Å². The lowest BCUT2D eigenvalue weighted by molar-refractivity contribution is -0.301. The van der Waals surface area contributed by atoms with E-state index in [1.54, 1.807) is 27.0 Å². The fourth-order valence-electron chi connectivity index (χ4n) is 7.32. The van der Waals surface area contributed by atoms with Crippen molar-refractivity contribution in [3.8, 4) is 11.1 Å². The monoisotopic (exact) mass is 893 g/mol. The molecule has 0 unspecified atom stereocenters. The van der Waals surface area contributed by atoms with E-state index in [1.165, 1.54) is 9.58 Å². The summed E-state index contributed by atoms with van der Waals surface area (Å²) in [7, 11) is 0. The number of carbonyl (C=O) groups excluding carboxylic acids is 7. The quantitative estimate of drug-likeness (QED) is 0.103. The van der Waals surface area contributed by atoms with E-state index >= 15 is 0 Å². The SMILES string of the molecule is CC(=O)O[C@@H]1O[C@H](COCCn2cc(CCC(=O)N(CCNC(=O)OCC3c4ccccc4-c4ccccc43)CC(=O)OC(C)(C)C)nn2)[C@H](OC(C)=O)[C@H](OC(C)=O)[C@H]1OC(C)=O. The van der Waals surface area contributed by atoms with Gasteiger partial charge < -0.3 is 48.1 Å². The fourth-order valence-corrected chi connectivity index (χ4v) is 7.32. The summed E-state index contributed by atoms with van der Waals surface area (Å²) in [5.74, 6) is -4.24. The number of hydrogen-bond donors (Lipinski definition) is 1. The molecule has 64 heavy (non-hydrogen) atoms. The number of ether oxygens (including phenoxy) is 8. The van der Waals surface area contributed by atoms with Crippen LogP contribution in [0.4, 0.5) is 4.79 Å². The molecule has 1 aliphatic heterocycles. The molecule has 2 aromatic carbocycles. The van der Waals surface area contributed by atoms with Crippen LogP contribution in [0.2, 0.25) is 0 Å². The van der Waals surface area contributed by atoms with Crippen LogP contribution in [-0.4, -0.2) is 138 Å². The Labute approximate surface area is 370 Å². The molecular formula is C44H55N5O15. The molecule has 0 spiro atoms. The van der Waals surface area contributed by atoms with Crippen LogP contribution in [0.25, 0.3) is 11.1 Å². The number of benzene rings is 2. The lowest BCUT2D eigenvalue weighted by Gasteiger charge is -2.43. The maximum atomic E-state index is 13.5. The van der Waals surface area contributed by atoms with Crippen molar-refractivity contribution in [2.45, 2.75) is 110 Å². The summed E-state index contributed by atoms with van der Waals surface area (Å²) in [6.07, 6.45) is -5.76. The van der Waals surface area contributed by atoms with Crippen molar-refractivity contribution in [2.24, 2.45) is 0 Å². The van der Waals surface area contributed by atoms with Gasteiger partial charge in [-0.2, -0.15) is 0 Å². The Morgan fingerprint density at radius 3 is 1.98 bits per heavy atom. The Morgan fingerprint density at radius 2 is 1.38 bits per heavy atom. The van der Waals surface area contributed by atoms with E-state index in [4.69, 9.17) is 37.9 Å². The molecule has 1 aliphatic carbocycles. The van der Waals surface area contributed by atoms with Crippen molar-refractivity contribution in [1.29, 1.82) is 0 Å². The Balaban J connectivity index is 1.13. The molecular weight excluding hydrogens is 839 g/mol. The number of esters is 5. The number of fused-ring (bicyclic) bond motifs is 3. The highest BCUT2D eigenvalue weighted by molar-refractivity contribution is 5.82. The van der Waals surface area contributed by atoms with E-state index in [0.29, 0.717) is 5.69 Å². The molecule has 20 nitrogen and oxygen atoms in total. The van der Waals surface area contributed by atoms with Crippen LogP contribution in [-0.2, 0) is 79.6 Å². The van der Waals surface area contributed by atoms with Crippen LogP contribution in [0.1, 0.15) is 77.6 Å². The molecule has 2 heterocycles. The third-order valence-corrected chi connectivity index (χ3v) is 9.79. The summed E-state index contributed by atoms with van der Waals surface area (Å²) < 4.78 is 45.5. The highest BCUT2D eigenvalue weighted by Gasteiger charge is 2.53. The summed E-state index contributed by atoms with van der Waals surface area (Å²) in [6.45, 7) is 9.34. The van der Waals surface area contributed by atoms with E-state index < -0.39 is 72.2 Å². The second-order valence-corrected chi connectivity index (χ2v) is 16.1. The lowest BCUT2D eigenvalue weighted by atomic mass is 9.98. The van der Waals surface area contributed by atoms with Gasteiger partial charge in [0.25, 0.3) is 0 Å². The Kier molecular flexibility index (Phi) is 16.9. The molecule has 1 saturated heterocycles. The summed E-state index contributed by atoms with van der Waals surface area (Å²) in [6, 6.07) is 16.0. The van der Waals surface area contributed by atoms with Crippen LogP contribution >= 0.6 is 0 Å².